The Labute approximate surface area is 554 Å². The molecule has 0 spiro atoms. The van der Waals surface area contributed by atoms with Crippen molar-refractivity contribution in [1.82, 2.24) is 15.5 Å². The zero-order valence-corrected chi connectivity index (χ0v) is 54.5. The maximum absolute atomic E-state index is 14.4. The summed E-state index contributed by atoms with van der Waals surface area (Å²) in [5.74, 6) is -8.70. The lowest BCUT2D eigenvalue weighted by atomic mass is 9.82. The minimum atomic E-state index is -2.67. The number of hydrogen-bond acceptors (Lipinski definition) is 28. The maximum atomic E-state index is 14.4. The summed E-state index contributed by atoms with van der Waals surface area (Å²) in [6, 6.07) is -1.46. The molecule has 3 unspecified atom stereocenters. The van der Waals surface area contributed by atoms with Gasteiger partial charge in [-0.05, 0) is 59.0 Å². The van der Waals surface area contributed by atoms with Crippen molar-refractivity contribution in [2.24, 2.45) is 17.8 Å². The summed E-state index contributed by atoms with van der Waals surface area (Å²) in [7, 11) is 0. The Kier molecular flexibility index (Phi) is 32.6. The average Bonchev–Trinajstić information content (AvgIpc) is 0.787. The van der Waals surface area contributed by atoms with Crippen molar-refractivity contribution >= 4 is 11.9 Å². The molecule has 0 aromatic carbocycles. The van der Waals surface area contributed by atoms with Crippen LogP contribution in [0, 0.1) is 17.8 Å². The molecule has 542 valence electrons. The molecule has 0 aromatic heterocycles. The van der Waals surface area contributed by atoms with Crippen LogP contribution in [0.5, 0.6) is 0 Å². The molecule has 2 bridgehead atoms. The number of allylic oxidation sites excluding steroid dienone is 12. The molecule has 1 amide bonds. The number of fused-ring (bicyclic) bond motifs is 2. The van der Waals surface area contributed by atoms with Gasteiger partial charge in [0.25, 0.3) is 0 Å². The van der Waals surface area contributed by atoms with Crippen LogP contribution in [0.2, 0.25) is 0 Å². The summed E-state index contributed by atoms with van der Waals surface area (Å²) >= 11 is 0. The van der Waals surface area contributed by atoms with Crippen molar-refractivity contribution in [3.05, 3.63) is 85.1 Å². The Morgan fingerprint density at radius 3 is 1.88 bits per heavy atom. The number of piperidine rings is 1. The van der Waals surface area contributed by atoms with Crippen LogP contribution in [0.3, 0.4) is 0 Å². The average molecular weight is 1360 g/mol. The van der Waals surface area contributed by atoms with Crippen molar-refractivity contribution in [2.75, 3.05) is 45.9 Å². The predicted molar refractivity (Wildman–Crippen MR) is 338 cm³/mol. The highest BCUT2D eigenvalue weighted by Gasteiger charge is 2.55. The van der Waals surface area contributed by atoms with E-state index in [9.17, 15) is 96.4 Å². The number of amides is 1. The molecule has 28 atom stereocenters. The molecule has 6 heterocycles. The first-order chi connectivity index (χ1) is 45.0. The first-order valence-corrected chi connectivity index (χ1v) is 33.2. The molecule has 95 heavy (non-hydrogen) atoms. The highest BCUT2D eigenvalue weighted by molar-refractivity contribution is 5.80. The quantitative estimate of drug-likeness (QED) is 0.0843. The Morgan fingerprint density at radius 1 is 0.621 bits per heavy atom. The Bertz CT molecular complexity index is 2520. The van der Waals surface area contributed by atoms with Gasteiger partial charge < -0.3 is 136 Å². The van der Waals surface area contributed by atoms with Gasteiger partial charge in [0.2, 0.25) is 11.7 Å². The number of rotatable bonds is 12. The summed E-state index contributed by atoms with van der Waals surface area (Å²) in [5.41, 5.74) is 0. The molecule has 5 saturated heterocycles. The van der Waals surface area contributed by atoms with Gasteiger partial charge in [0.05, 0.1) is 105 Å². The molecule has 29 nitrogen and oxygen atoms in total. The number of cyclic esters (lactones) is 1. The predicted octanol–water partition coefficient (Wildman–Crippen LogP) is -3.51. The van der Waals surface area contributed by atoms with Crippen molar-refractivity contribution < 1.29 is 130 Å². The third-order valence-corrected chi connectivity index (χ3v) is 18.6. The maximum Gasteiger partial charge on any atom is 0.308 e. The van der Waals surface area contributed by atoms with E-state index in [4.69, 9.17) is 33.2 Å². The second-order valence-corrected chi connectivity index (χ2v) is 26.2. The fraction of sp³-hybridized carbons (Fsp3) is 0.758. The van der Waals surface area contributed by atoms with Gasteiger partial charge in [-0.15, -0.1) is 0 Å². The molecule has 0 aromatic rings. The number of esters is 1. The van der Waals surface area contributed by atoms with Gasteiger partial charge >= 0.3 is 5.97 Å². The van der Waals surface area contributed by atoms with Crippen LogP contribution in [-0.4, -0.2) is 302 Å². The van der Waals surface area contributed by atoms with Crippen LogP contribution in [0.15, 0.2) is 85.1 Å². The molecule has 6 rings (SSSR count). The van der Waals surface area contributed by atoms with Gasteiger partial charge in [0, 0.05) is 50.6 Å². The lowest BCUT2D eigenvalue weighted by molar-refractivity contribution is -0.368. The summed E-state index contributed by atoms with van der Waals surface area (Å²) in [6.45, 7) is 6.68. The number of aliphatic hydroxyl groups is 17. The first kappa shape index (κ1) is 80.1. The van der Waals surface area contributed by atoms with Gasteiger partial charge in [-0.25, -0.2) is 0 Å². The van der Waals surface area contributed by atoms with E-state index in [2.05, 4.69) is 15.5 Å². The van der Waals surface area contributed by atoms with E-state index in [0.29, 0.717) is 6.54 Å². The van der Waals surface area contributed by atoms with E-state index < -0.39 is 221 Å². The van der Waals surface area contributed by atoms with Crippen LogP contribution in [0.4, 0.5) is 0 Å². The highest BCUT2D eigenvalue weighted by Crippen LogP contribution is 2.39. The number of nitrogens with zero attached hydrogens (tertiary/aromatic N) is 1. The second-order valence-electron chi connectivity index (χ2n) is 26.2. The number of carbonyl (C=O) groups excluding carboxylic acids is 2. The van der Waals surface area contributed by atoms with Crippen molar-refractivity contribution in [2.45, 2.75) is 251 Å². The van der Waals surface area contributed by atoms with Crippen LogP contribution in [0.1, 0.15) is 98.3 Å². The standard InChI is InChI=1S/C66H107N3O26/c1-37-20-16-13-11-9-7-5-6-8-10-12-14-17-21-44(92-63-57(82)53(55(80)40(4)91-63)68-36-66(88)61(85)60(48(77)35-89-66)94-64-59(84)58(83)56(81)50(34-70)93-64)31-49-52(62(86)67-24-27-69-25-18-15-19-26-69)47(76)33-65(87,95-49)32-43(73)29-46(75)45(74)23-22-41(71)28-42(72)30-51(78)90-39(3)38(2)54(37)79/h5-14,16-17,20-21,37-50,52-61,63-64,68,70-77,79-85,87-88H,15,18-19,22-36H2,1-4H3,(H,67,86)/b6-5+,9-7+,10-8+,13-11+,14-12+,20-16+,21-17+/t37-,38?,39-,40+,41+,42+,43-,44-,45+,46+,47-,48+,49?,50+,52?,53-,54+,55+,56+,57-,58-,59+,60+,61-,63-,64-,65+,66+/m0/s1. The van der Waals surface area contributed by atoms with Crippen LogP contribution >= 0.6 is 0 Å². The molecule has 6 aliphatic rings. The third-order valence-electron chi connectivity index (χ3n) is 18.6. The van der Waals surface area contributed by atoms with Crippen molar-refractivity contribution in [3.63, 3.8) is 0 Å². The summed E-state index contributed by atoms with van der Waals surface area (Å²) < 4.78 is 40.9. The summed E-state index contributed by atoms with van der Waals surface area (Å²) in [6.07, 6.45) is -10.3. The van der Waals surface area contributed by atoms with Crippen molar-refractivity contribution in [3.8, 4) is 0 Å². The monoisotopic (exact) mass is 1360 g/mol. The summed E-state index contributed by atoms with van der Waals surface area (Å²) in [4.78, 5) is 29.4. The van der Waals surface area contributed by atoms with Crippen LogP contribution in [0.25, 0.3) is 0 Å². The van der Waals surface area contributed by atoms with E-state index in [0.717, 1.165) is 32.4 Å². The lowest BCUT2D eigenvalue weighted by Crippen LogP contribution is -2.70. The Balaban J connectivity index is 1.26. The van der Waals surface area contributed by atoms with Crippen LogP contribution < -0.4 is 10.6 Å². The minimum Gasteiger partial charge on any atom is -0.462 e. The second kappa shape index (κ2) is 38.6. The molecule has 6 aliphatic heterocycles. The molecule has 29 heteroatoms. The fourth-order valence-electron chi connectivity index (χ4n) is 12.6. The van der Waals surface area contributed by atoms with Gasteiger partial charge in [0.1, 0.15) is 54.9 Å². The third kappa shape index (κ3) is 23.9. The smallest absolute Gasteiger partial charge is 0.308 e. The highest BCUT2D eigenvalue weighted by atomic mass is 16.7. The molecule has 19 N–H and O–H groups in total. The van der Waals surface area contributed by atoms with Gasteiger partial charge in [-0.1, -0.05) is 105 Å². The van der Waals surface area contributed by atoms with Gasteiger partial charge in [-0.3, -0.25) is 9.59 Å². The Morgan fingerprint density at radius 2 is 1.24 bits per heavy atom. The number of ether oxygens (including phenoxy) is 7. The number of hydrogen-bond donors (Lipinski definition) is 19. The lowest BCUT2D eigenvalue weighted by Gasteiger charge is -2.48. The molecule has 0 aliphatic carbocycles. The topological polar surface area (TPSA) is 470 Å². The van der Waals surface area contributed by atoms with E-state index in [1.165, 1.54) is 13.0 Å². The van der Waals surface area contributed by atoms with E-state index in [1.54, 1.807) is 92.8 Å². The molecular weight excluding hydrogens is 1250 g/mol. The molecular formula is C66H107N3O26. The van der Waals surface area contributed by atoms with Crippen LogP contribution in [-0.2, 0) is 42.7 Å². The van der Waals surface area contributed by atoms with Gasteiger partial charge in [-0.2, -0.15) is 0 Å². The fourth-order valence-corrected chi connectivity index (χ4v) is 12.6. The number of carbonyl (C=O) groups is 2. The summed E-state index contributed by atoms with van der Waals surface area (Å²) in [5, 5.41) is 194. The number of nitrogens with one attached hydrogen (secondary N) is 2. The van der Waals surface area contributed by atoms with Gasteiger partial charge in [0.15, 0.2) is 18.4 Å². The first-order valence-electron chi connectivity index (χ1n) is 33.2. The minimum absolute atomic E-state index is 0.149. The van der Waals surface area contributed by atoms with Crippen molar-refractivity contribution in [1.29, 1.82) is 0 Å². The molecule has 5 fully saturated rings. The number of aliphatic hydroxyl groups excluding tert-OH is 15. The van der Waals surface area contributed by atoms with E-state index in [1.807, 2.05) is 6.92 Å². The Hall–Kier alpha value is -3.88. The van der Waals surface area contributed by atoms with E-state index >= 15 is 0 Å². The largest absolute Gasteiger partial charge is 0.462 e. The zero-order chi connectivity index (χ0) is 69.7. The molecule has 0 saturated carbocycles. The molecule has 0 radical (unpaired) electrons. The van der Waals surface area contributed by atoms with E-state index in [-0.39, 0.29) is 38.1 Å². The normalized spacial score (nSPS) is 45.8. The zero-order valence-electron chi connectivity index (χ0n) is 54.5. The number of likely N-dealkylation sites (tertiary alicyclic amines) is 1. The SMILES string of the molecule is CC1[C@H](C)OC(=O)C[C@H](O)C[C@H](O)CC[C@@H](O)[C@H](O)C[C@H](O)C[C@]2(O)C[C@H](O)C(C(=O)NCCN3CCCCC3)C(C[C@@H](O[C@@H]3O[C@H](C)[C@@H](O)[C@H](NC[C@@]4(O)OC[C@@H](O)[C@@H](O[C@@H]5O[C@H](CO)[C@@H](O)[C@H](O)[C@H]5O)[C@@H]4O)[C@@H]3O)/C=C/C=C/C=C/C=C/C=C/C=C/C=C/[C@H](C)[C@H]1O)O2.